The molecule has 0 bridgehead atoms. The summed E-state index contributed by atoms with van der Waals surface area (Å²) in [6.45, 7) is 1.17. The van der Waals surface area contributed by atoms with Crippen molar-refractivity contribution in [1.29, 1.82) is 0 Å². The van der Waals surface area contributed by atoms with Crippen LogP contribution in [-0.4, -0.2) is 31.8 Å². The number of fused-ring (bicyclic) bond motifs is 2. The predicted octanol–water partition coefficient (Wildman–Crippen LogP) is 2.40. The first kappa shape index (κ1) is 16.7. The summed E-state index contributed by atoms with van der Waals surface area (Å²) in [4.78, 5) is 24.9. The fourth-order valence-electron chi connectivity index (χ4n) is 3.34. The fraction of sp³-hybridized carbons (Fsp3) is 0.300. The van der Waals surface area contributed by atoms with E-state index in [9.17, 15) is 9.59 Å². The smallest absolute Gasteiger partial charge is 0.231 e. The number of hydrogen-bond acceptors (Lipinski definition) is 6. The van der Waals surface area contributed by atoms with Crippen LogP contribution >= 0.6 is 0 Å². The lowest BCUT2D eigenvalue weighted by Crippen LogP contribution is -2.21. The maximum Gasteiger partial charge on any atom is 0.231 e. The van der Waals surface area contributed by atoms with Gasteiger partial charge in [-0.3, -0.25) is 9.59 Å². The zero-order chi connectivity index (χ0) is 19.1. The van der Waals surface area contributed by atoms with E-state index in [4.69, 9.17) is 18.9 Å². The lowest BCUT2D eigenvalue weighted by atomic mass is 10.2. The molecule has 0 aromatic heterocycles. The zero-order valence-corrected chi connectivity index (χ0v) is 14.9. The van der Waals surface area contributed by atoms with Crippen molar-refractivity contribution >= 4 is 23.2 Å². The van der Waals surface area contributed by atoms with Gasteiger partial charge in [-0.2, -0.15) is 0 Å². The van der Waals surface area contributed by atoms with Crippen LogP contribution < -0.4 is 29.6 Å². The van der Waals surface area contributed by atoms with Gasteiger partial charge in [0.1, 0.15) is 13.2 Å². The summed E-state index contributed by atoms with van der Waals surface area (Å²) in [7, 11) is 0. The standard InChI is InChI=1S/C20H18N2O6/c23-19(21-11-1-3-15-17(7-11)26-6-5-25-15)13-9-14(13)20(24)22-12-2-4-16-18(8-12)28-10-27-16/h1-4,7-8,13-14H,5-6,9-10H2,(H,21,23)(H,22,24). The minimum Gasteiger partial charge on any atom is -0.486 e. The van der Waals surface area contributed by atoms with Crippen molar-refractivity contribution in [3.63, 3.8) is 0 Å². The molecule has 2 N–H and O–H groups in total. The highest BCUT2D eigenvalue weighted by Gasteiger charge is 2.48. The van der Waals surface area contributed by atoms with Crippen LogP contribution in [0.25, 0.3) is 0 Å². The Hall–Kier alpha value is -3.42. The number of carbonyl (C=O) groups is 2. The lowest BCUT2D eigenvalue weighted by Gasteiger charge is -2.19. The molecule has 2 aliphatic heterocycles. The molecule has 8 nitrogen and oxygen atoms in total. The second kappa shape index (κ2) is 6.63. The molecule has 2 amide bonds. The summed E-state index contributed by atoms with van der Waals surface area (Å²) in [6.07, 6.45) is 0.521. The lowest BCUT2D eigenvalue weighted by molar-refractivity contribution is -0.122. The zero-order valence-electron chi connectivity index (χ0n) is 14.9. The summed E-state index contributed by atoms with van der Waals surface area (Å²) in [5, 5.41) is 5.68. The van der Waals surface area contributed by atoms with Gasteiger partial charge in [-0.25, -0.2) is 0 Å². The Morgan fingerprint density at radius 1 is 0.714 bits per heavy atom. The van der Waals surface area contributed by atoms with E-state index in [1.54, 1.807) is 36.4 Å². The largest absolute Gasteiger partial charge is 0.486 e. The monoisotopic (exact) mass is 382 g/mol. The third-order valence-corrected chi connectivity index (χ3v) is 4.91. The summed E-state index contributed by atoms with van der Waals surface area (Å²) in [6, 6.07) is 10.5. The molecule has 2 atom stereocenters. The Balaban J connectivity index is 1.18. The second-order valence-corrected chi connectivity index (χ2v) is 6.85. The number of ether oxygens (including phenoxy) is 4. The minimum atomic E-state index is -0.345. The van der Waals surface area contributed by atoms with Gasteiger partial charge in [0.05, 0.1) is 11.8 Å². The Bertz CT molecular complexity index is 960. The molecule has 1 saturated carbocycles. The number of anilines is 2. The molecule has 2 heterocycles. The molecule has 3 aliphatic rings. The van der Waals surface area contributed by atoms with Gasteiger partial charge in [0, 0.05) is 23.5 Å². The van der Waals surface area contributed by atoms with Crippen LogP contribution in [-0.2, 0) is 9.59 Å². The van der Waals surface area contributed by atoms with Crippen molar-refractivity contribution in [2.45, 2.75) is 6.42 Å². The molecule has 2 aromatic carbocycles. The van der Waals surface area contributed by atoms with Crippen LogP contribution in [0.3, 0.4) is 0 Å². The van der Waals surface area contributed by atoms with E-state index in [1.807, 2.05) is 0 Å². The van der Waals surface area contributed by atoms with Gasteiger partial charge < -0.3 is 29.6 Å². The van der Waals surface area contributed by atoms with Crippen molar-refractivity contribution in [3.05, 3.63) is 36.4 Å². The average molecular weight is 382 g/mol. The third-order valence-electron chi connectivity index (χ3n) is 4.91. The second-order valence-electron chi connectivity index (χ2n) is 6.85. The summed E-state index contributed by atoms with van der Waals surface area (Å²) in [5.41, 5.74) is 1.24. The highest BCUT2D eigenvalue weighted by molar-refractivity contribution is 6.03. The van der Waals surface area contributed by atoms with Crippen molar-refractivity contribution in [2.75, 3.05) is 30.6 Å². The first-order valence-electron chi connectivity index (χ1n) is 9.08. The van der Waals surface area contributed by atoms with E-state index in [0.29, 0.717) is 54.0 Å². The molecule has 0 saturated heterocycles. The van der Waals surface area contributed by atoms with Gasteiger partial charge in [0.25, 0.3) is 0 Å². The first-order valence-corrected chi connectivity index (χ1v) is 9.08. The quantitative estimate of drug-likeness (QED) is 0.843. The van der Waals surface area contributed by atoms with Crippen LogP contribution in [0.5, 0.6) is 23.0 Å². The Kier molecular flexibility index (Phi) is 3.96. The number of nitrogens with one attached hydrogen (secondary N) is 2. The number of carbonyl (C=O) groups excluding carboxylic acids is 2. The van der Waals surface area contributed by atoms with E-state index in [2.05, 4.69) is 10.6 Å². The minimum absolute atomic E-state index is 0.178. The molecule has 0 radical (unpaired) electrons. The summed E-state index contributed by atoms with van der Waals surface area (Å²) in [5.74, 6) is 1.48. The van der Waals surface area contributed by atoms with Gasteiger partial charge in [-0.05, 0) is 30.7 Å². The molecule has 1 aliphatic carbocycles. The van der Waals surface area contributed by atoms with Crippen LogP contribution in [0.15, 0.2) is 36.4 Å². The molecular formula is C20H18N2O6. The number of rotatable bonds is 4. The third kappa shape index (κ3) is 3.17. The van der Waals surface area contributed by atoms with Gasteiger partial charge in [-0.1, -0.05) is 0 Å². The Labute approximate surface area is 160 Å². The predicted molar refractivity (Wildman–Crippen MR) is 98.9 cm³/mol. The maximum absolute atomic E-state index is 12.5. The molecule has 1 fully saturated rings. The molecule has 2 aromatic rings. The molecule has 8 heteroatoms. The van der Waals surface area contributed by atoms with E-state index < -0.39 is 0 Å². The maximum atomic E-state index is 12.5. The van der Waals surface area contributed by atoms with E-state index in [-0.39, 0.29) is 30.4 Å². The van der Waals surface area contributed by atoms with Crippen molar-refractivity contribution in [3.8, 4) is 23.0 Å². The van der Waals surface area contributed by atoms with E-state index in [1.165, 1.54) is 0 Å². The SMILES string of the molecule is O=C(Nc1ccc2c(c1)OCCO2)C1CC1C(=O)Nc1ccc2c(c1)OCO2. The van der Waals surface area contributed by atoms with E-state index >= 15 is 0 Å². The number of hydrogen-bond donors (Lipinski definition) is 2. The van der Waals surface area contributed by atoms with Gasteiger partial charge in [-0.15, -0.1) is 0 Å². The normalized spacial score (nSPS) is 21.0. The van der Waals surface area contributed by atoms with E-state index in [0.717, 1.165) is 0 Å². The number of benzene rings is 2. The van der Waals surface area contributed by atoms with Crippen LogP contribution in [0.4, 0.5) is 11.4 Å². The molecule has 0 spiro atoms. The highest BCUT2D eigenvalue weighted by atomic mass is 16.7. The van der Waals surface area contributed by atoms with Crippen molar-refractivity contribution in [1.82, 2.24) is 0 Å². The average Bonchev–Trinajstić information content (AvgIpc) is 3.39. The van der Waals surface area contributed by atoms with Crippen LogP contribution in [0.2, 0.25) is 0 Å². The molecule has 28 heavy (non-hydrogen) atoms. The molecule has 2 unspecified atom stereocenters. The van der Waals surface area contributed by atoms with Crippen LogP contribution in [0, 0.1) is 11.8 Å². The summed E-state index contributed by atoms with van der Waals surface area (Å²) >= 11 is 0. The topological polar surface area (TPSA) is 95.1 Å². The first-order chi connectivity index (χ1) is 13.7. The molecular weight excluding hydrogens is 364 g/mol. The van der Waals surface area contributed by atoms with Crippen molar-refractivity contribution in [2.24, 2.45) is 11.8 Å². The van der Waals surface area contributed by atoms with Gasteiger partial charge in [0.15, 0.2) is 23.0 Å². The number of amides is 2. The van der Waals surface area contributed by atoms with Crippen LogP contribution in [0.1, 0.15) is 6.42 Å². The van der Waals surface area contributed by atoms with Crippen molar-refractivity contribution < 1.29 is 28.5 Å². The summed E-state index contributed by atoms with van der Waals surface area (Å²) < 4.78 is 21.5. The molecule has 5 rings (SSSR count). The van der Waals surface area contributed by atoms with Gasteiger partial charge in [0.2, 0.25) is 18.6 Å². The molecule has 144 valence electrons. The van der Waals surface area contributed by atoms with Gasteiger partial charge >= 0.3 is 0 Å². The fourth-order valence-corrected chi connectivity index (χ4v) is 3.34. The Morgan fingerprint density at radius 3 is 1.86 bits per heavy atom. The highest BCUT2D eigenvalue weighted by Crippen LogP contribution is 2.41. The Morgan fingerprint density at radius 2 is 1.21 bits per heavy atom.